The summed E-state index contributed by atoms with van der Waals surface area (Å²) in [6.45, 7) is 0. The van der Waals surface area contributed by atoms with Gasteiger partial charge in [-0.05, 0) is 54.7 Å². The summed E-state index contributed by atoms with van der Waals surface area (Å²) in [6, 6.07) is 15.4. The summed E-state index contributed by atoms with van der Waals surface area (Å²) >= 11 is 12.0. The molecule has 1 aliphatic heterocycles. The van der Waals surface area contributed by atoms with Crippen LogP contribution in [0.15, 0.2) is 60.9 Å². The van der Waals surface area contributed by atoms with Gasteiger partial charge >= 0.3 is 0 Å². The molecule has 0 aliphatic carbocycles. The summed E-state index contributed by atoms with van der Waals surface area (Å²) in [5.74, 6) is 0.631. The molecule has 2 aromatic heterocycles. The van der Waals surface area contributed by atoms with Crippen molar-refractivity contribution >= 4 is 34.6 Å². The summed E-state index contributed by atoms with van der Waals surface area (Å²) < 4.78 is 5.26. The van der Waals surface area contributed by atoms with Gasteiger partial charge in [0.2, 0.25) is 0 Å². The van der Waals surface area contributed by atoms with Gasteiger partial charge in [0.05, 0.1) is 23.9 Å². The summed E-state index contributed by atoms with van der Waals surface area (Å²) in [7, 11) is 1.60. The highest BCUT2D eigenvalue weighted by atomic mass is 35.5. The van der Waals surface area contributed by atoms with E-state index in [0.717, 1.165) is 17.1 Å². The molecule has 0 saturated carbocycles. The first-order chi connectivity index (χ1) is 12.7. The van der Waals surface area contributed by atoms with Gasteiger partial charge in [-0.3, -0.25) is 4.98 Å². The highest BCUT2D eigenvalue weighted by molar-refractivity contribution is 7.80. The molecule has 0 radical (unpaired) electrons. The second-order valence-electron chi connectivity index (χ2n) is 5.94. The number of thiocarbonyl (C=S) groups is 1. The Balaban J connectivity index is 1.80. The van der Waals surface area contributed by atoms with Crippen LogP contribution in [0.25, 0.3) is 0 Å². The first kappa shape index (κ1) is 16.9. The van der Waals surface area contributed by atoms with E-state index in [2.05, 4.69) is 20.2 Å². The van der Waals surface area contributed by atoms with E-state index in [0.29, 0.717) is 15.9 Å². The first-order valence-electron chi connectivity index (χ1n) is 8.16. The number of hydrogen-bond donors (Lipinski definition) is 2. The Morgan fingerprint density at radius 3 is 2.73 bits per heavy atom. The molecule has 1 saturated heterocycles. The maximum Gasteiger partial charge on any atom is 0.174 e. The van der Waals surface area contributed by atoms with Crippen molar-refractivity contribution in [1.82, 2.24) is 15.3 Å². The number of aromatic nitrogens is 2. The van der Waals surface area contributed by atoms with Gasteiger partial charge in [0.1, 0.15) is 11.8 Å². The third kappa shape index (κ3) is 2.91. The van der Waals surface area contributed by atoms with E-state index >= 15 is 0 Å². The van der Waals surface area contributed by atoms with Crippen LogP contribution >= 0.6 is 23.8 Å². The lowest BCUT2D eigenvalue weighted by molar-refractivity contribution is 0.415. The van der Waals surface area contributed by atoms with Crippen LogP contribution in [-0.2, 0) is 0 Å². The lowest BCUT2D eigenvalue weighted by Crippen LogP contribution is -2.29. The zero-order valence-corrected chi connectivity index (χ0v) is 15.6. The Morgan fingerprint density at radius 2 is 2.08 bits per heavy atom. The van der Waals surface area contributed by atoms with Gasteiger partial charge in [0, 0.05) is 23.8 Å². The maximum atomic E-state index is 6.35. The van der Waals surface area contributed by atoms with Crippen LogP contribution in [0.3, 0.4) is 0 Å². The number of nitrogens with zero attached hydrogens (tertiary/aromatic N) is 2. The number of hydrogen-bond acceptors (Lipinski definition) is 3. The van der Waals surface area contributed by atoms with Crippen LogP contribution in [0.4, 0.5) is 5.69 Å². The lowest BCUT2D eigenvalue weighted by Gasteiger charge is -2.27. The van der Waals surface area contributed by atoms with Crippen LogP contribution in [0.5, 0.6) is 5.75 Å². The summed E-state index contributed by atoms with van der Waals surface area (Å²) in [6.07, 6.45) is 3.70. The predicted octanol–water partition coefficient (Wildman–Crippen LogP) is 4.25. The van der Waals surface area contributed by atoms with Crippen molar-refractivity contribution in [2.45, 2.75) is 12.1 Å². The van der Waals surface area contributed by atoms with Gasteiger partial charge < -0.3 is 19.9 Å². The van der Waals surface area contributed by atoms with Gasteiger partial charge in [-0.25, -0.2) is 0 Å². The zero-order chi connectivity index (χ0) is 18.1. The Hall–Kier alpha value is -2.57. The number of nitrogens with one attached hydrogen (secondary N) is 2. The number of ether oxygens (including phenoxy) is 1. The molecular weight excluding hydrogens is 368 g/mol. The molecular formula is C19H17ClN4OS. The predicted molar refractivity (Wildman–Crippen MR) is 107 cm³/mol. The Kier molecular flexibility index (Phi) is 4.53. The number of benzene rings is 1. The van der Waals surface area contributed by atoms with Crippen LogP contribution in [0.1, 0.15) is 23.5 Å². The van der Waals surface area contributed by atoms with E-state index in [1.807, 2.05) is 54.7 Å². The van der Waals surface area contributed by atoms with Gasteiger partial charge in [-0.2, -0.15) is 0 Å². The number of anilines is 1. The molecule has 7 heteroatoms. The standard InChI is InChI=1S/C19H17ClN4OS/c1-25-16-8-7-12(11-13(16)20)24-18(15-6-4-10-22-15)17(23-19(24)26)14-5-2-3-9-21-14/h2-11,17-18,22H,1H3,(H,23,26). The monoisotopic (exact) mass is 384 g/mol. The third-order valence-electron chi connectivity index (χ3n) is 4.45. The fraction of sp³-hybridized carbons (Fsp3) is 0.158. The Morgan fingerprint density at radius 1 is 1.19 bits per heavy atom. The van der Waals surface area contributed by atoms with E-state index in [-0.39, 0.29) is 12.1 Å². The summed E-state index contributed by atoms with van der Waals surface area (Å²) in [5.41, 5.74) is 2.86. The van der Waals surface area contributed by atoms with Crippen LogP contribution in [0.2, 0.25) is 5.02 Å². The molecule has 1 aromatic carbocycles. The van der Waals surface area contributed by atoms with Gasteiger partial charge in [-0.15, -0.1) is 0 Å². The fourth-order valence-corrected chi connectivity index (χ4v) is 3.88. The van der Waals surface area contributed by atoms with Gasteiger partial charge in [-0.1, -0.05) is 17.7 Å². The Labute approximate surface area is 162 Å². The van der Waals surface area contributed by atoms with Gasteiger partial charge in [0.15, 0.2) is 5.11 Å². The molecule has 5 nitrogen and oxygen atoms in total. The van der Waals surface area contributed by atoms with E-state index in [9.17, 15) is 0 Å². The molecule has 2 atom stereocenters. The normalized spacial score (nSPS) is 19.5. The lowest BCUT2D eigenvalue weighted by atomic mass is 10.0. The molecule has 2 N–H and O–H groups in total. The zero-order valence-electron chi connectivity index (χ0n) is 14.0. The minimum absolute atomic E-state index is 0.0724. The van der Waals surface area contributed by atoms with E-state index in [1.54, 1.807) is 13.3 Å². The molecule has 0 amide bonds. The number of methoxy groups -OCH3 is 1. The molecule has 0 bridgehead atoms. The SMILES string of the molecule is COc1ccc(N2C(=S)NC(c3ccccn3)C2c2ccc[nH]2)cc1Cl. The van der Waals surface area contributed by atoms with Gasteiger partial charge in [0.25, 0.3) is 0 Å². The van der Waals surface area contributed by atoms with Crippen molar-refractivity contribution in [2.24, 2.45) is 0 Å². The van der Waals surface area contributed by atoms with Crippen LogP contribution in [0, 0.1) is 0 Å². The number of pyridine rings is 1. The molecule has 0 spiro atoms. The fourth-order valence-electron chi connectivity index (χ4n) is 3.28. The van der Waals surface area contributed by atoms with E-state index < -0.39 is 0 Å². The maximum absolute atomic E-state index is 6.35. The number of halogens is 1. The second-order valence-corrected chi connectivity index (χ2v) is 6.73. The van der Waals surface area contributed by atoms with Crippen LogP contribution in [-0.4, -0.2) is 22.2 Å². The smallest absolute Gasteiger partial charge is 0.174 e. The van der Waals surface area contributed by atoms with E-state index in [1.165, 1.54) is 0 Å². The molecule has 132 valence electrons. The average molecular weight is 385 g/mol. The molecule has 1 aliphatic rings. The minimum atomic E-state index is -0.0803. The molecule has 3 aromatic rings. The highest BCUT2D eigenvalue weighted by Crippen LogP contribution is 2.42. The van der Waals surface area contributed by atoms with Crippen molar-refractivity contribution in [2.75, 3.05) is 12.0 Å². The van der Waals surface area contributed by atoms with Crippen molar-refractivity contribution in [3.8, 4) is 5.75 Å². The molecule has 3 heterocycles. The summed E-state index contributed by atoms with van der Waals surface area (Å²) in [5, 5.41) is 4.57. The number of H-pyrrole nitrogens is 1. The third-order valence-corrected chi connectivity index (χ3v) is 5.06. The minimum Gasteiger partial charge on any atom is -0.495 e. The van der Waals surface area contributed by atoms with E-state index in [4.69, 9.17) is 28.6 Å². The largest absolute Gasteiger partial charge is 0.495 e. The van der Waals surface area contributed by atoms with Crippen molar-refractivity contribution in [3.05, 3.63) is 77.3 Å². The average Bonchev–Trinajstić information content (AvgIpc) is 3.30. The molecule has 1 fully saturated rings. The number of rotatable bonds is 4. The topological polar surface area (TPSA) is 53.2 Å². The second kappa shape index (κ2) is 6.97. The quantitative estimate of drug-likeness (QED) is 0.658. The van der Waals surface area contributed by atoms with Crippen molar-refractivity contribution < 1.29 is 4.74 Å². The van der Waals surface area contributed by atoms with Crippen molar-refractivity contribution in [3.63, 3.8) is 0 Å². The number of aromatic amines is 1. The summed E-state index contributed by atoms with van der Waals surface area (Å²) in [4.78, 5) is 9.89. The molecule has 2 unspecified atom stereocenters. The van der Waals surface area contributed by atoms with Crippen LogP contribution < -0.4 is 15.0 Å². The van der Waals surface area contributed by atoms with Crippen molar-refractivity contribution in [1.29, 1.82) is 0 Å². The Bertz CT molecular complexity index is 917. The molecule has 26 heavy (non-hydrogen) atoms. The first-order valence-corrected chi connectivity index (χ1v) is 8.95. The molecule has 4 rings (SSSR count). The highest BCUT2D eigenvalue weighted by Gasteiger charge is 2.41.